The van der Waals surface area contributed by atoms with Gasteiger partial charge in [-0.2, -0.15) is 0 Å². The summed E-state index contributed by atoms with van der Waals surface area (Å²) in [6, 6.07) is 5.31. The highest BCUT2D eigenvalue weighted by molar-refractivity contribution is 7.91. The van der Waals surface area contributed by atoms with Gasteiger partial charge < -0.3 is 19.3 Å². The molecular formula is C19H24N2O6S. The lowest BCUT2D eigenvalue weighted by Crippen LogP contribution is -2.39. The summed E-state index contributed by atoms with van der Waals surface area (Å²) in [4.78, 5) is 28.4. The van der Waals surface area contributed by atoms with Crippen LogP contribution in [0.3, 0.4) is 0 Å². The number of carbonyl (C=O) groups is 2. The summed E-state index contributed by atoms with van der Waals surface area (Å²) in [6.45, 7) is 1.72. The van der Waals surface area contributed by atoms with E-state index < -0.39 is 15.8 Å². The maximum Gasteiger partial charge on any atom is 0.228 e. The SMILES string of the molecule is CN(Cc1ccc2c(c1)OCCO2)C(=O)[C@@H]1CC(=O)N([C@@H]2CCS(=O)(=O)C2)C1. The Bertz CT molecular complexity index is 900. The first-order chi connectivity index (χ1) is 13.3. The number of nitrogens with zero attached hydrogens (tertiary/aromatic N) is 2. The number of hydrogen-bond acceptors (Lipinski definition) is 6. The number of benzene rings is 1. The number of likely N-dealkylation sites (tertiary alicyclic amines) is 1. The molecule has 9 heteroatoms. The number of ether oxygens (including phenoxy) is 2. The zero-order valence-electron chi connectivity index (χ0n) is 15.8. The fourth-order valence-corrected chi connectivity index (χ4v) is 5.85. The molecule has 4 rings (SSSR count). The molecule has 28 heavy (non-hydrogen) atoms. The molecule has 0 radical (unpaired) electrons. The average Bonchev–Trinajstić information content (AvgIpc) is 3.22. The van der Waals surface area contributed by atoms with Crippen LogP contribution in [0.25, 0.3) is 0 Å². The van der Waals surface area contributed by atoms with Crippen molar-refractivity contribution in [2.24, 2.45) is 5.92 Å². The van der Waals surface area contributed by atoms with Gasteiger partial charge in [0.05, 0.1) is 17.4 Å². The number of hydrogen-bond donors (Lipinski definition) is 0. The number of fused-ring (bicyclic) bond motifs is 1. The van der Waals surface area contributed by atoms with Crippen molar-refractivity contribution in [3.63, 3.8) is 0 Å². The van der Waals surface area contributed by atoms with Gasteiger partial charge in [0, 0.05) is 32.6 Å². The second kappa shape index (κ2) is 7.27. The molecule has 3 aliphatic heterocycles. The van der Waals surface area contributed by atoms with E-state index in [0.717, 1.165) is 5.56 Å². The topological polar surface area (TPSA) is 93.2 Å². The summed E-state index contributed by atoms with van der Waals surface area (Å²) < 4.78 is 34.5. The lowest BCUT2D eigenvalue weighted by Gasteiger charge is -2.25. The lowest BCUT2D eigenvalue weighted by atomic mass is 10.1. The Morgan fingerprint density at radius 2 is 2.00 bits per heavy atom. The van der Waals surface area contributed by atoms with Crippen LogP contribution >= 0.6 is 0 Å². The molecule has 3 heterocycles. The summed E-state index contributed by atoms with van der Waals surface area (Å²) in [5, 5.41) is 0. The summed E-state index contributed by atoms with van der Waals surface area (Å²) in [7, 11) is -1.36. The Morgan fingerprint density at radius 1 is 1.25 bits per heavy atom. The van der Waals surface area contributed by atoms with E-state index in [1.54, 1.807) is 16.8 Å². The smallest absolute Gasteiger partial charge is 0.228 e. The van der Waals surface area contributed by atoms with Gasteiger partial charge in [0.15, 0.2) is 21.3 Å². The number of carbonyl (C=O) groups excluding carboxylic acids is 2. The van der Waals surface area contributed by atoms with Gasteiger partial charge in [0.25, 0.3) is 0 Å². The predicted molar refractivity (Wildman–Crippen MR) is 101 cm³/mol. The first-order valence-corrected chi connectivity index (χ1v) is 11.3. The summed E-state index contributed by atoms with van der Waals surface area (Å²) in [5.74, 6) is 0.830. The highest BCUT2D eigenvalue weighted by Crippen LogP contribution is 2.32. The van der Waals surface area contributed by atoms with Crippen LogP contribution in [0.1, 0.15) is 18.4 Å². The monoisotopic (exact) mass is 408 g/mol. The maximum absolute atomic E-state index is 12.8. The minimum Gasteiger partial charge on any atom is -0.486 e. The van der Waals surface area contributed by atoms with Gasteiger partial charge >= 0.3 is 0 Å². The van der Waals surface area contributed by atoms with Gasteiger partial charge in [0.2, 0.25) is 11.8 Å². The highest BCUT2D eigenvalue weighted by Gasteiger charge is 2.42. The van der Waals surface area contributed by atoms with E-state index in [-0.39, 0.29) is 35.8 Å². The van der Waals surface area contributed by atoms with Crippen molar-refractivity contribution in [1.82, 2.24) is 9.80 Å². The maximum atomic E-state index is 12.8. The van der Waals surface area contributed by atoms with Crippen LogP contribution in [0.15, 0.2) is 18.2 Å². The van der Waals surface area contributed by atoms with Crippen LogP contribution in [0, 0.1) is 5.92 Å². The number of amides is 2. The molecular weight excluding hydrogens is 384 g/mol. The Balaban J connectivity index is 1.38. The third-order valence-corrected chi connectivity index (χ3v) is 7.31. The normalized spacial score (nSPS) is 25.8. The Hall–Kier alpha value is -2.29. The molecule has 152 valence electrons. The zero-order chi connectivity index (χ0) is 19.9. The van der Waals surface area contributed by atoms with Crippen molar-refractivity contribution in [3.05, 3.63) is 23.8 Å². The number of sulfone groups is 1. The van der Waals surface area contributed by atoms with Crippen molar-refractivity contribution >= 4 is 21.7 Å². The molecule has 0 saturated carbocycles. The van der Waals surface area contributed by atoms with Crippen molar-refractivity contribution in [1.29, 1.82) is 0 Å². The highest BCUT2D eigenvalue weighted by atomic mass is 32.2. The molecule has 0 unspecified atom stereocenters. The molecule has 0 aliphatic carbocycles. The molecule has 2 amide bonds. The third-order valence-electron chi connectivity index (χ3n) is 5.56. The largest absolute Gasteiger partial charge is 0.486 e. The molecule has 8 nitrogen and oxygen atoms in total. The van der Waals surface area contributed by atoms with E-state index in [9.17, 15) is 18.0 Å². The van der Waals surface area contributed by atoms with Crippen LogP contribution in [0.5, 0.6) is 11.5 Å². The van der Waals surface area contributed by atoms with E-state index in [1.165, 1.54) is 0 Å². The van der Waals surface area contributed by atoms with Crippen LogP contribution in [0.4, 0.5) is 0 Å². The average molecular weight is 408 g/mol. The van der Waals surface area contributed by atoms with Crippen LogP contribution < -0.4 is 9.47 Å². The van der Waals surface area contributed by atoms with Crippen molar-refractivity contribution in [2.45, 2.75) is 25.4 Å². The van der Waals surface area contributed by atoms with Gasteiger partial charge in [0.1, 0.15) is 13.2 Å². The fourth-order valence-electron chi connectivity index (χ4n) is 4.12. The van der Waals surface area contributed by atoms with Gasteiger partial charge in [-0.15, -0.1) is 0 Å². The van der Waals surface area contributed by atoms with Gasteiger partial charge in [-0.1, -0.05) is 6.07 Å². The van der Waals surface area contributed by atoms with E-state index in [1.807, 2.05) is 18.2 Å². The van der Waals surface area contributed by atoms with Crippen molar-refractivity contribution < 1.29 is 27.5 Å². The summed E-state index contributed by atoms with van der Waals surface area (Å²) in [6.07, 6.45) is 0.600. The third kappa shape index (κ3) is 3.80. The Labute approximate surface area is 164 Å². The minimum atomic E-state index is -3.07. The first kappa shape index (κ1) is 19.0. The van der Waals surface area contributed by atoms with Crippen LogP contribution in [0.2, 0.25) is 0 Å². The molecule has 1 aromatic rings. The van der Waals surface area contributed by atoms with E-state index in [2.05, 4.69) is 0 Å². The molecule has 1 aromatic carbocycles. The molecule has 2 atom stereocenters. The molecule has 0 N–H and O–H groups in total. The van der Waals surface area contributed by atoms with E-state index in [0.29, 0.717) is 44.2 Å². The van der Waals surface area contributed by atoms with E-state index >= 15 is 0 Å². The second-order valence-electron chi connectivity index (χ2n) is 7.68. The molecule has 2 fully saturated rings. The Kier molecular flexibility index (Phi) is 4.95. The molecule has 2 saturated heterocycles. The molecule has 0 aromatic heterocycles. The predicted octanol–water partition coefficient (Wildman–Crippen LogP) is 0.452. The molecule has 0 spiro atoms. The second-order valence-corrected chi connectivity index (χ2v) is 9.91. The van der Waals surface area contributed by atoms with Crippen molar-refractivity contribution in [2.75, 3.05) is 38.3 Å². The van der Waals surface area contributed by atoms with Crippen LogP contribution in [-0.4, -0.2) is 74.4 Å². The van der Waals surface area contributed by atoms with Crippen molar-refractivity contribution in [3.8, 4) is 11.5 Å². The molecule has 3 aliphatic rings. The van der Waals surface area contributed by atoms with Gasteiger partial charge in [-0.25, -0.2) is 8.42 Å². The van der Waals surface area contributed by atoms with Gasteiger partial charge in [-0.05, 0) is 24.1 Å². The summed E-state index contributed by atoms with van der Waals surface area (Å²) in [5.41, 5.74) is 0.920. The fraction of sp³-hybridized carbons (Fsp3) is 0.579. The quantitative estimate of drug-likeness (QED) is 0.718. The van der Waals surface area contributed by atoms with Gasteiger partial charge in [-0.3, -0.25) is 9.59 Å². The van der Waals surface area contributed by atoms with E-state index in [4.69, 9.17) is 9.47 Å². The number of rotatable bonds is 4. The zero-order valence-corrected chi connectivity index (χ0v) is 16.6. The summed E-state index contributed by atoms with van der Waals surface area (Å²) >= 11 is 0. The Morgan fingerprint density at radius 3 is 2.71 bits per heavy atom. The van der Waals surface area contributed by atoms with Crippen LogP contribution in [-0.2, 0) is 26.0 Å². The first-order valence-electron chi connectivity index (χ1n) is 9.46. The molecule has 0 bridgehead atoms. The minimum absolute atomic E-state index is 0.00663. The standard InChI is InChI=1S/C19H24N2O6S/c1-20(10-13-2-3-16-17(8-13)27-6-5-26-16)19(23)14-9-18(22)21(11-14)15-4-7-28(24,25)12-15/h2-3,8,14-15H,4-7,9-12H2,1H3/t14-,15-/m1/s1. The lowest BCUT2D eigenvalue weighted by molar-refractivity contribution is -0.135.